The Hall–Kier alpha value is 0.360. The molecule has 0 bridgehead atoms. The van der Waals surface area contributed by atoms with E-state index < -0.39 is 0 Å². The van der Waals surface area contributed by atoms with Crippen molar-refractivity contribution in [2.24, 2.45) is 0 Å². The lowest BCUT2D eigenvalue weighted by Gasteiger charge is -1.90. The maximum absolute atomic E-state index is 3.46. The van der Waals surface area contributed by atoms with Gasteiger partial charge >= 0.3 is 0 Å². The van der Waals surface area contributed by atoms with Crippen LogP contribution < -0.4 is 0 Å². The summed E-state index contributed by atoms with van der Waals surface area (Å²) in [7, 11) is 0. The molecule has 0 aromatic carbocycles. The molecule has 2 heterocycles. The smallest absolute Gasteiger partial charge is 0.0701 e. The maximum Gasteiger partial charge on any atom is 0.0701 e. The van der Waals surface area contributed by atoms with Gasteiger partial charge in [-0.1, -0.05) is 0 Å². The predicted molar refractivity (Wildman–Crippen MR) is 66.8 cm³/mol. The highest BCUT2D eigenvalue weighted by molar-refractivity contribution is 9.11. The zero-order valence-electron chi connectivity index (χ0n) is 6.59. The summed E-state index contributed by atoms with van der Waals surface area (Å²) in [6, 6.07) is 8.54. The molecule has 0 saturated heterocycles. The van der Waals surface area contributed by atoms with Crippen molar-refractivity contribution in [3.05, 3.63) is 41.6 Å². The first-order chi connectivity index (χ1) is 6.24. The SMILES string of the molecule is Brc1ccc(Cc2ccc(Br)s2)s1. The van der Waals surface area contributed by atoms with Crippen LogP contribution in [0.2, 0.25) is 0 Å². The summed E-state index contributed by atoms with van der Waals surface area (Å²) in [4.78, 5) is 2.81. The standard InChI is InChI=1S/C9H6Br2S2/c10-8-3-1-6(12-8)5-7-2-4-9(11)13-7/h1-4H,5H2. The van der Waals surface area contributed by atoms with Crippen molar-refractivity contribution in [2.45, 2.75) is 6.42 Å². The summed E-state index contributed by atoms with van der Waals surface area (Å²) < 4.78 is 2.41. The van der Waals surface area contributed by atoms with E-state index >= 15 is 0 Å². The summed E-state index contributed by atoms with van der Waals surface area (Å²) in [6.07, 6.45) is 1.05. The number of halogens is 2. The Morgan fingerprint density at radius 1 is 0.846 bits per heavy atom. The van der Waals surface area contributed by atoms with E-state index in [0.29, 0.717) is 0 Å². The lowest BCUT2D eigenvalue weighted by Crippen LogP contribution is -1.75. The summed E-state index contributed by atoms with van der Waals surface area (Å²) >= 11 is 10.5. The lowest BCUT2D eigenvalue weighted by atomic mass is 10.3. The fourth-order valence-corrected chi connectivity index (χ4v) is 4.17. The van der Waals surface area contributed by atoms with Crippen LogP contribution in [-0.2, 0) is 6.42 Å². The van der Waals surface area contributed by atoms with Gasteiger partial charge in [-0.15, -0.1) is 22.7 Å². The average Bonchev–Trinajstić information content (AvgIpc) is 2.62. The Bertz CT molecular complexity index is 365. The predicted octanol–water partition coefficient (Wildman–Crippen LogP) is 4.93. The summed E-state index contributed by atoms with van der Waals surface area (Å²) in [5.41, 5.74) is 0. The fraction of sp³-hybridized carbons (Fsp3) is 0.111. The molecule has 0 spiro atoms. The fourth-order valence-electron chi connectivity index (χ4n) is 1.07. The first-order valence-electron chi connectivity index (χ1n) is 3.72. The second kappa shape index (κ2) is 4.26. The van der Waals surface area contributed by atoms with Crippen LogP contribution in [0.15, 0.2) is 31.8 Å². The molecule has 0 fully saturated rings. The van der Waals surface area contributed by atoms with E-state index in [2.05, 4.69) is 56.1 Å². The van der Waals surface area contributed by atoms with Crippen LogP contribution in [0.5, 0.6) is 0 Å². The second-order valence-corrected chi connectivity index (χ2v) is 7.68. The van der Waals surface area contributed by atoms with Crippen LogP contribution in [0.1, 0.15) is 9.75 Å². The maximum atomic E-state index is 3.46. The molecule has 2 aromatic rings. The number of rotatable bonds is 2. The van der Waals surface area contributed by atoms with E-state index in [-0.39, 0.29) is 0 Å². The molecule has 0 aliphatic carbocycles. The lowest BCUT2D eigenvalue weighted by molar-refractivity contribution is 1.31. The van der Waals surface area contributed by atoms with Crippen molar-refractivity contribution in [1.29, 1.82) is 0 Å². The minimum absolute atomic E-state index is 1.05. The van der Waals surface area contributed by atoms with Crippen LogP contribution in [0.25, 0.3) is 0 Å². The monoisotopic (exact) mass is 336 g/mol. The van der Waals surface area contributed by atoms with Gasteiger partial charge < -0.3 is 0 Å². The molecular formula is C9H6Br2S2. The van der Waals surface area contributed by atoms with Gasteiger partial charge in [-0.2, -0.15) is 0 Å². The quantitative estimate of drug-likeness (QED) is 0.729. The average molecular weight is 338 g/mol. The van der Waals surface area contributed by atoms with Gasteiger partial charge in [0.1, 0.15) is 0 Å². The Kier molecular flexibility index (Phi) is 3.24. The molecule has 0 nitrogen and oxygen atoms in total. The van der Waals surface area contributed by atoms with Gasteiger partial charge in [0.25, 0.3) is 0 Å². The largest absolute Gasteiger partial charge is 0.133 e. The van der Waals surface area contributed by atoms with Gasteiger partial charge in [-0.25, -0.2) is 0 Å². The summed E-state index contributed by atoms with van der Waals surface area (Å²) in [5, 5.41) is 0. The number of thiophene rings is 2. The molecular weight excluding hydrogens is 332 g/mol. The second-order valence-electron chi connectivity index (χ2n) is 2.59. The molecule has 0 saturated carbocycles. The normalized spacial score (nSPS) is 10.6. The molecule has 0 radical (unpaired) electrons. The zero-order chi connectivity index (χ0) is 9.26. The molecule has 2 rings (SSSR count). The van der Waals surface area contributed by atoms with E-state index in [0.717, 1.165) is 6.42 Å². The van der Waals surface area contributed by atoms with Crippen LogP contribution in [0.4, 0.5) is 0 Å². The molecule has 4 heteroatoms. The Balaban J connectivity index is 2.14. The van der Waals surface area contributed by atoms with Gasteiger partial charge in [0.15, 0.2) is 0 Å². The topological polar surface area (TPSA) is 0 Å². The molecule has 2 aromatic heterocycles. The molecule has 0 unspecified atom stereocenters. The highest BCUT2D eigenvalue weighted by Gasteiger charge is 2.01. The van der Waals surface area contributed by atoms with Crippen molar-refractivity contribution in [2.75, 3.05) is 0 Å². The highest BCUT2D eigenvalue weighted by Crippen LogP contribution is 2.28. The number of hydrogen-bond acceptors (Lipinski definition) is 2. The van der Waals surface area contributed by atoms with Crippen LogP contribution >= 0.6 is 54.5 Å². The van der Waals surface area contributed by atoms with Gasteiger partial charge in [0.2, 0.25) is 0 Å². The molecule has 0 aliphatic rings. The van der Waals surface area contributed by atoms with Gasteiger partial charge in [0, 0.05) is 16.2 Å². The summed E-state index contributed by atoms with van der Waals surface area (Å²) in [6.45, 7) is 0. The van der Waals surface area contributed by atoms with Crippen molar-refractivity contribution < 1.29 is 0 Å². The molecule has 68 valence electrons. The van der Waals surface area contributed by atoms with E-state index in [1.54, 1.807) is 22.7 Å². The Morgan fingerprint density at radius 3 is 1.62 bits per heavy atom. The third-order valence-corrected chi connectivity index (χ3v) is 4.85. The molecule has 0 atom stereocenters. The van der Waals surface area contributed by atoms with E-state index in [1.165, 1.54) is 17.3 Å². The van der Waals surface area contributed by atoms with E-state index in [4.69, 9.17) is 0 Å². The van der Waals surface area contributed by atoms with Crippen LogP contribution in [0, 0.1) is 0 Å². The number of hydrogen-bond donors (Lipinski definition) is 0. The molecule has 0 aliphatic heterocycles. The van der Waals surface area contributed by atoms with Crippen molar-refractivity contribution >= 4 is 54.5 Å². The van der Waals surface area contributed by atoms with Crippen LogP contribution in [0.3, 0.4) is 0 Å². The third kappa shape index (κ3) is 2.65. The Morgan fingerprint density at radius 2 is 1.31 bits per heavy atom. The van der Waals surface area contributed by atoms with Crippen molar-refractivity contribution in [3.63, 3.8) is 0 Å². The van der Waals surface area contributed by atoms with E-state index in [9.17, 15) is 0 Å². The van der Waals surface area contributed by atoms with Crippen molar-refractivity contribution in [3.8, 4) is 0 Å². The minimum atomic E-state index is 1.05. The minimum Gasteiger partial charge on any atom is -0.133 e. The Labute approximate surface area is 102 Å². The third-order valence-electron chi connectivity index (χ3n) is 1.61. The van der Waals surface area contributed by atoms with Gasteiger partial charge in [-0.3, -0.25) is 0 Å². The summed E-state index contributed by atoms with van der Waals surface area (Å²) in [5.74, 6) is 0. The van der Waals surface area contributed by atoms with E-state index in [1.807, 2.05) is 0 Å². The first kappa shape index (κ1) is 9.90. The van der Waals surface area contributed by atoms with Gasteiger partial charge in [-0.05, 0) is 56.1 Å². The van der Waals surface area contributed by atoms with Crippen molar-refractivity contribution in [1.82, 2.24) is 0 Å². The molecule has 0 N–H and O–H groups in total. The zero-order valence-corrected chi connectivity index (χ0v) is 11.4. The van der Waals surface area contributed by atoms with Crippen LogP contribution in [-0.4, -0.2) is 0 Å². The molecule has 0 amide bonds. The first-order valence-corrected chi connectivity index (χ1v) is 6.94. The van der Waals surface area contributed by atoms with Gasteiger partial charge in [0.05, 0.1) is 7.57 Å². The molecule has 13 heavy (non-hydrogen) atoms. The highest BCUT2D eigenvalue weighted by atomic mass is 79.9.